The number of nitrogens with zero attached hydrogens (tertiary/aromatic N) is 3. The third-order valence-electron chi connectivity index (χ3n) is 3.30. The highest BCUT2D eigenvalue weighted by molar-refractivity contribution is 6.31. The predicted molar refractivity (Wildman–Crippen MR) is 89.1 cm³/mol. The Morgan fingerprint density at radius 2 is 2.12 bits per heavy atom. The van der Waals surface area contributed by atoms with Crippen LogP contribution in [0.15, 0.2) is 30.7 Å². The minimum absolute atomic E-state index is 0.0478. The van der Waals surface area contributed by atoms with Crippen LogP contribution < -0.4 is 15.4 Å². The Kier molecular flexibility index (Phi) is 4.94. The number of H-pyrrole nitrogens is 1. The number of benzene rings is 1. The molecule has 7 nitrogen and oxygen atoms in total. The molecule has 0 saturated heterocycles. The van der Waals surface area contributed by atoms with Crippen LogP contribution in [0, 0.1) is 11.6 Å². The summed E-state index contributed by atoms with van der Waals surface area (Å²) >= 11 is 6.01. The molecule has 3 aromatic rings. The lowest BCUT2D eigenvalue weighted by molar-refractivity contribution is 0.384. The van der Waals surface area contributed by atoms with Crippen LogP contribution in [0.4, 0.5) is 26.2 Å². The van der Waals surface area contributed by atoms with E-state index in [0.29, 0.717) is 5.69 Å². The van der Waals surface area contributed by atoms with Crippen molar-refractivity contribution in [2.24, 2.45) is 0 Å². The molecule has 0 amide bonds. The summed E-state index contributed by atoms with van der Waals surface area (Å²) < 4.78 is 33.1. The fourth-order valence-electron chi connectivity index (χ4n) is 2.07. The summed E-state index contributed by atoms with van der Waals surface area (Å²) in [6, 6.07) is 2.92. The van der Waals surface area contributed by atoms with Gasteiger partial charge in [0.1, 0.15) is 0 Å². The fourth-order valence-corrected chi connectivity index (χ4v) is 2.28. The number of methoxy groups -OCH3 is 1. The Bertz CT molecular complexity index is 875. The van der Waals surface area contributed by atoms with E-state index in [9.17, 15) is 8.78 Å². The maximum absolute atomic E-state index is 14.3. The van der Waals surface area contributed by atoms with Gasteiger partial charge in [0.05, 0.1) is 25.2 Å². The highest BCUT2D eigenvalue weighted by atomic mass is 35.5. The molecule has 1 aromatic carbocycles. The summed E-state index contributed by atoms with van der Waals surface area (Å²) in [4.78, 5) is 7.85. The number of anilines is 3. The van der Waals surface area contributed by atoms with Gasteiger partial charge in [0.2, 0.25) is 5.95 Å². The van der Waals surface area contributed by atoms with Crippen molar-refractivity contribution in [3.63, 3.8) is 0 Å². The average molecular weight is 367 g/mol. The first-order valence-corrected chi connectivity index (χ1v) is 7.49. The second-order valence-corrected chi connectivity index (χ2v) is 5.31. The third-order valence-corrected chi connectivity index (χ3v) is 3.66. The van der Waals surface area contributed by atoms with Crippen LogP contribution in [0.25, 0.3) is 0 Å². The minimum Gasteiger partial charge on any atom is -0.494 e. The molecule has 0 unspecified atom stereocenters. The largest absolute Gasteiger partial charge is 0.494 e. The van der Waals surface area contributed by atoms with Crippen LogP contribution in [-0.2, 0) is 6.54 Å². The topological polar surface area (TPSA) is 87.8 Å². The first-order valence-electron chi connectivity index (χ1n) is 7.11. The van der Waals surface area contributed by atoms with E-state index in [-0.39, 0.29) is 34.6 Å². The van der Waals surface area contributed by atoms with Crippen LogP contribution in [0.5, 0.6) is 5.75 Å². The van der Waals surface area contributed by atoms with Crippen LogP contribution >= 0.6 is 11.6 Å². The monoisotopic (exact) mass is 366 g/mol. The summed E-state index contributed by atoms with van der Waals surface area (Å²) in [6.07, 6.45) is 4.11. The quantitative estimate of drug-likeness (QED) is 0.619. The minimum atomic E-state index is -0.683. The van der Waals surface area contributed by atoms with Crippen molar-refractivity contribution in [3.05, 3.63) is 52.9 Å². The number of aromatic amines is 1. The number of halogens is 3. The summed E-state index contributed by atoms with van der Waals surface area (Å²) in [5.41, 5.74) is 0.753. The van der Waals surface area contributed by atoms with Crippen molar-refractivity contribution in [1.82, 2.24) is 20.2 Å². The lowest BCUT2D eigenvalue weighted by Crippen LogP contribution is -2.09. The molecule has 25 heavy (non-hydrogen) atoms. The van der Waals surface area contributed by atoms with Crippen molar-refractivity contribution in [2.45, 2.75) is 6.54 Å². The molecular weight excluding hydrogens is 354 g/mol. The summed E-state index contributed by atoms with van der Waals surface area (Å²) in [6.45, 7) is -0.0824. The van der Waals surface area contributed by atoms with Gasteiger partial charge >= 0.3 is 0 Å². The van der Waals surface area contributed by atoms with E-state index in [2.05, 4.69) is 30.8 Å². The van der Waals surface area contributed by atoms with E-state index in [4.69, 9.17) is 16.3 Å². The highest BCUT2D eigenvalue weighted by Crippen LogP contribution is 2.28. The van der Waals surface area contributed by atoms with E-state index >= 15 is 0 Å². The number of aromatic nitrogens is 4. The Balaban J connectivity index is 1.79. The molecule has 0 fully saturated rings. The Morgan fingerprint density at radius 3 is 2.84 bits per heavy atom. The zero-order chi connectivity index (χ0) is 17.8. The van der Waals surface area contributed by atoms with Gasteiger partial charge in [0, 0.05) is 23.3 Å². The maximum atomic E-state index is 14.3. The third kappa shape index (κ3) is 3.77. The fraction of sp³-hybridized carbons (Fsp3) is 0.133. The molecule has 0 radical (unpaired) electrons. The number of hydrogen-bond acceptors (Lipinski definition) is 6. The van der Waals surface area contributed by atoms with E-state index in [0.717, 1.165) is 6.20 Å². The van der Waals surface area contributed by atoms with Gasteiger partial charge in [-0.15, -0.1) is 0 Å². The van der Waals surface area contributed by atoms with Gasteiger partial charge in [-0.2, -0.15) is 10.1 Å². The second-order valence-electron chi connectivity index (χ2n) is 4.90. The van der Waals surface area contributed by atoms with Crippen LogP contribution in [0.3, 0.4) is 0 Å². The SMILES string of the molecule is COc1ccc(Cl)c(CNc2nc(Nc3cn[nH]c3)ncc2F)c1F. The predicted octanol–water partition coefficient (Wildman–Crippen LogP) is 3.50. The number of rotatable bonds is 6. The number of ether oxygens (including phenoxy) is 1. The van der Waals surface area contributed by atoms with E-state index in [1.165, 1.54) is 25.4 Å². The van der Waals surface area contributed by atoms with Crippen LogP contribution in [-0.4, -0.2) is 27.3 Å². The van der Waals surface area contributed by atoms with E-state index in [1.54, 1.807) is 6.20 Å². The van der Waals surface area contributed by atoms with Crippen molar-refractivity contribution in [2.75, 3.05) is 17.7 Å². The number of hydrogen-bond donors (Lipinski definition) is 3. The molecule has 3 N–H and O–H groups in total. The smallest absolute Gasteiger partial charge is 0.229 e. The van der Waals surface area contributed by atoms with E-state index < -0.39 is 11.6 Å². The van der Waals surface area contributed by atoms with Crippen LogP contribution in [0.1, 0.15) is 5.56 Å². The highest BCUT2D eigenvalue weighted by Gasteiger charge is 2.14. The van der Waals surface area contributed by atoms with Crippen molar-refractivity contribution >= 4 is 29.1 Å². The van der Waals surface area contributed by atoms with Gasteiger partial charge in [0.15, 0.2) is 23.2 Å². The average Bonchev–Trinajstić information content (AvgIpc) is 3.10. The molecule has 0 aliphatic carbocycles. The lowest BCUT2D eigenvalue weighted by atomic mass is 10.2. The molecule has 3 rings (SSSR count). The van der Waals surface area contributed by atoms with Gasteiger partial charge in [-0.1, -0.05) is 11.6 Å². The molecule has 10 heteroatoms. The molecule has 0 aliphatic heterocycles. The standard InChI is InChI=1S/C15H13ClF2N6O/c1-25-12-3-2-10(16)9(13(12)18)6-19-14-11(17)7-20-15(24-14)23-8-4-21-22-5-8/h2-5,7H,6H2,1H3,(H,21,22)(H2,19,20,23,24). The summed E-state index contributed by atoms with van der Waals surface area (Å²) in [7, 11) is 1.35. The van der Waals surface area contributed by atoms with Crippen LogP contribution in [0.2, 0.25) is 5.02 Å². The van der Waals surface area contributed by atoms with Gasteiger partial charge in [-0.05, 0) is 12.1 Å². The van der Waals surface area contributed by atoms with Crippen molar-refractivity contribution < 1.29 is 13.5 Å². The zero-order valence-corrected chi connectivity index (χ0v) is 13.7. The molecule has 130 valence electrons. The molecule has 0 bridgehead atoms. The first-order chi connectivity index (χ1) is 12.1. The normalized spacial score (nSPS) is 10.6. The first kappa shape index (κ1) is 16.9. The number of nitrogens with one attached hydrogen (secondary N) is 3. The molecule has 0 aliphatic rings. The Labute approximate surface area is 146 Å². The second kappa shape index (κ2) is 7.31. The zero-order valence-electron chi connectivity index (χ0n) is 13.0. The molecule has 0 saturated carbocycles. The van der Waals surface area contributed by atoms with Gasteiger partial charge < -0.3 is 15.4 Å². The molecule has 2 aromatic heterocycles. The van der Waals surface area contributed by atoms with Gasteiger partial charge in [-0.3, -0.25) is 5.10 Å². The Hall–Kier alpha value is -2.94. The Morgan fingerprint density at radius 1 is 1.28 bits per heavy atom. The lowest BCUT2D eigenvalue weighted by Gasteiger charge is -2.12. The summed E-state index contributed by atoms with van der Waals surface area (Å²) in [5.74, 6) is -1.20. The molecule has 0 spiro atoms. The van der Waals surface area contributed by atoms with E-state index in [1.807, 2.05) is 0 Å². The van der Waals surface area contributed by atoms with Gasteiger partial charge in [0.25, 0.3) is 0 Å². The molecule has 2 heterocycles. The molecule has 0 atom stereocenters. The van der Waals surface area contributed by atoms with Crippen molar-refractivity contribution in [3.8, 4) is 5.75 Å². The summed E-state index contributed by atoms with van der Waals surface area (Å²) in [5, 5.41) is 12.1. The van der Waals surface area contributed by atoms with Crippen molar-refractivity contribution in [1.29, 1.82) is 0 Å². The van der Waals surface area contributed by atoms with Gasteiger partial charge in [-0.25, -0.2) is 13.8 Å². The maximum Gasteiger partial charge on any atom is 0.229 e. The molecular formula is C15H13ClF2N6O.